The average Bonchev–Trinajstić information content (AvgIpc) is 2.94. The summed E-state index contributed by atoms with van der Waals surface area (Å²) in [5.74, 6) is -0.534. The van der Waals surface area contributed by atoms with Gasteiger partial charge in [-0.05, 0) is 42.5 Å². The molecule has 0 fully saturated rings. The molecular weight excluding hydrogens is 313 g/mol. The second-order valence-corrected chi connectivity index (χ2v) is 6.14. The van der Waals surface area contributed by atoms with Gasteiger partial charge < -0.3 is 9.47 Å². The van der Waals surface area contributed by atoms with Crippen LogP contribution in [0.25, 0.3) is 0 Å². The van der Waals surface area contributed by atoms with Crippen LogP contribution in [0.5, 0.6) is 11.5 Å². The van der Waals surface area contributed by atoms with Crippen molar-refractivity contribution in [3.8, 4) is 11.5 Å². The maximum absolute atomic E-state index is 12.8. The highest BCUT2D eigenvalue weighted by molar-refractivity contribution is 7.90. The molecule has 0 bridgehead atoms. The number of rotatable bonds is 3. The predicted octanol–water partition coefficient (Wildman–Crippen LogP) is 1.67. The monoisotopic (exact) mass is 323 g/mol. The lowest BCUT2D eigenvalue weighted by Crippen LogP contribution is -2.30. The van der Waals surface area contributed by atoms with E-state index >= 15 is 0 Å². The highest BCUT2D eigenvalue weighted by Gasteiger charge is 2.21. The lowest BCUT2D eigenvalue weighted by Gasteiger charge is -2.07. The molecule has 0 atom stereocenters. The fourth-order valence-corrected chi connectivity index (χ4v) is 2.87. The lowest BCUT2D eigenvalue weighted by molar-refractivity contribution is 0.0981. The van der Waals surface area contributed by atoms with E-state index in [-0.39, 0.29) is 17.3 Å². The van der Waals surface area contributed by atoms with Crippen LogP contribution in [0.4, 0.5) is 4.39 Å². The number of halogens is 1. The Morgan fingerprint density at radius 3 is 2.45 bits per heavy atom. The molecule has 0 aliphatic carbocycles. The van der Waals surface area contributed by atoms with E-state index in [4.69, 9.17) is 9.47 Å². The Morgan fingerprint density at radius 2 is 1.73 bits per heavy atom. The lowest BCUT2D eigenvalue weighted by atomic mass is 10.2. The zero-order valence-electron chi connectivity index (χ0n) is 11.1. The second kappa shape index (κ2) is 5.30. The molecule has 0 radical (unpaired) electrons. The molecule has 1 heterocycles. The first-order chi connectivity index (χ1) is 10.5. The summed E-state index contributed by atoms with van der Waals surface area (Å²) in [6.45, 7) is 0.0499. The van der Waals surface area contributed by atoms with Crippen LogP contribution in [0.1, 0.15) is 10.4 Å². The molecule has 2 aromatic carbocycles. The number of hydrogen-bond donors (Lipinski definition) is 1. The number of nitrogens with one attached hydrogen (secondary N) is 1. The number of benzene rings is 2. The van der Waals surface area contributed by atoms with Crippen LogP contribution in [-0.2, 0) is 10.0 Å². The fourth-order valence-electron chi connectivity index (χ4n) is 1.89. The number of hydrogen-bond acceptors (Lipinski definition) is 5. The fraction of sp³-hybridized carbons (Fsp3) is 0.0714. The van der Waals surface area contributed by atoms with Gasteiger partial charge in [-0.2, -0.15) is 0 Å². The SMILES string of the molecule is O=C(NS(=O)(=O)c1ccc(F)cc1)c1ccc2c(c1)OCO2. The smallest absolute Gasteiger partial charge is 0.265 e. The molecule has 1 amide bonds. The molecule has 0 spiro atoms. The highest BCUT2D eigenvalue weighted by Crippen LogP contribution is 2.32. The first-order valence-electron chi connectivity index (χ1n) is 6.18. The van der Waals surface area contributed by atoms with Gasteiger partial charge in [0.25, 0.3) is 15.9 Å². The molecular formula is C14H10FNO5S. The molecule has 2 aromatic rings. The summed E-state index contributed by atoms with van der Waals surface area (Å²) in [4.78, 5) is 11.8. The third-order valence-electron chi connectivity index (χ3n) is 2.99. The Labute approximate surface area is 125 Å². The number of carbonyl (C=O) groups excluding carboxylic acids is 1. The van der Waals surface area contributed by atoms with Gasteiger partial charge in [0.2, 0.25) is 6.79 Å². The van der Waals surface area contributed by atoms with E-state index in [1.54, 1.807) is 0 Å². The Morgan fingerprint density at radius 1 is 1.05 bits per heavy atom. The second-order valence-electron chi connectivity index (χ2n) is 4.46. The molecule has 0 aromatic heterocycles. The van der Waals surface area contributed by atoms with Crippen molar-refractivity contribution in [2.24, 2.45) is 0 Å². The predicted molar refractivity (Wildman–Crippen MR) is 73.6 cm³/mol. The first-order valence-corrected chi connectivity index (χ1v) is 7.66. The van der Waals surface area contributed by atoms with Crippen molar-refractivity contribution in [3.05, 3.63) is 53.8 Å². The summed E-state index contributed by atoms with van der Waals surface area (Å²) in [5, 5.41) is 0. The van der Waals surface area contributed by atoms with E-state index in [2.05, 4.69) is 0 Å². The minimum Gasteiger partial charge on any atom is -0.454 e. The first kappa shape index (κ1) is 14.3. The highest BCUT2D eigenvalue weighted by atomic mass is 32.2. The van der Waals surface area contributed by atoms with Crippen LogP contribution in [0, 0.1) is 5.82 Å². The molecule has 8 heteroatoms. The van der Waals surface area contributed by atoms with Gasteiger partial charge in [0.05, 0.1) is 4.90 Å². The van der Waals surface area contributed by atoms with Crippen molar-refractivity contribution >= 4 is 15.9 Å². The average molecular weight is 323 g/mol. The Balaban J connectivity index is 1.83. The molecule has 1 aliphatic rings. The Hall–Kier alpha value is -2.61. The zero-order chi connectivity index (χ0) is 15.7. The molecule has 3 rings (SSSR count). The van der Waals surface area contributed by atoms with Gasteiger partial charge in [-0.15, -0.1) is 0 Å². The van der Waals surface area contributed by atoms with Gasteiger partial charge in [0, 0.05) is 5.56 Å². The van der Waals surface area contributed by atoms with Crippen molar-refractivity contribution in [1.82, 2.24) is 4.72 Å². The van der Waals surface area contributed by atoms with Crippen molar-refractivity contribution in [3.63, 3.8) is 0 Å². The number of fused-ring (bicyclic) bond motifs is 1. The molecule has 0 unspecified atom stereocenters. The van der Waals surface area contributed by atoms with Crippen LogP contribution in [-0.4, -0.2) is 21.1 Å². The molecule has 22 heavy (non-hydrogen) atoms. The molecule has 114 valence electrons. The largest absolute Gasteiger partial charge is 0.454 e. The normalized spacial score (nSPS) is 13.0. The number of ether oxygens (including phenoxy) is 2. The van der Waals surface area contributed by atoms with Crippen LogP contribution in [0.2, 0.25) is 0 Å². The van der Waals surface area contributed by atoms with Crippen LogP contribution >= 0.6 is 0 Å². The minimum absolute atomic E-state index is 0.0499. The van der Waals surface area contributed by atoms with Crippen molar-refractivity contribution < 1.29 is 27.1 Å². The molecule has 1 N–H and O–H groups in total. The van der Waals surface area contributed by atoms with Crippen LogP contribution < -0.4 is 14.2 Å². The maximum Gasteiger partial charge on any atom is 0.265 e. The maximum atomic E-state index is 12.8. The number of sulfonamides is 1. The van der Waals surface area contributed by atoms with Crippen molar-refractivity contribution in [2.45, 2.75) is 4.90 Å². The zero-order valence-corrected chi connectivity index (χ0v) is 11.9. The van der Waals surface area contributed by atoms with E-state index in [0.717, 1.165) is 24.3 Å². The van der Waals surface area contributed by atoms with Gasteiger partial charge >= 0.3 is 0 Å². The van der Waals surface area contributed by atoms with Gasteiger partial charge in [-0.1, -0.05) is 0 Å². The van der Waals surface area contributed by atoms with Crippen LogP contribution in [0.3, 0.4) is 0 Å². The minimum atomic E-state index is -4.08. The van der Waals surface area contributed by atoms with E-state index in [1.165, 1.54) is 18.2 Å². The summed E-state index contributed by atoms with van der Waals surface area (Å²) < 4.78 is 49.1. The Bertz CT molecular complexity index is 833. The van der Waals surface area contributed by atoms with E-state index < -0.39 is 21.7 Å². The van der Waals surface area contributed by atoms with Crippen molar-refractivity contribution in [2.75, 3.05) is 6.79 Å². The van der Waals surface area contributed by atoms with Crippen molar-refractivity contribution in [1.29, 1.82) is 0 Å². The summed E-state index contributed by atoms with van der Waals surface area (Å²) in [6, 6.07) is 8.47. The van der Waals surface area contributed by atoms with Gasteiger partial charge in [0.1, 0.15) is 5.82 Å². The topological polar surface area (TPSA) is 81.7 Å². The van der Waals surface area contributed by atoms with E-state index in [1.807, 2.05) is 4.72 Å². The quantitative estimate of drug-likeness (QED) is 0.929. The van der Waals surface area contributed by atoms with Gasteiger partial charge in [-0.25, -0.2) is 17.5 Å². The standard InChI is InChI=1S/C14H10FNO5S/c15-10-2-4-11(5-3-10)22(18,19)16-14(17)9-1-6-12-13(7-9)21-8-20-12/h1-7H,8H2,(H,16,17). The van der Waals surface area contributed by atoms with Gasteiger partial charge in [-0.3, -0.25) is 4.79 Å². The number of carbonyl (C=O) groups is 1. The molecule has 0 saturated heterocycles. The number of amides is 1. The molecule has 6 nitrogen and oxygen atoms in total. The molecule has 0 saturated carbocycles. The van der Waals surface area contributed by atoms with Gasteiger partial charge in [0.15, 0.2) is 11.5 Å². The summed E-state index contributed by atoms with van der Waals surface area (Å²) >= 11 is 0. The van der Waals surface area contributed by atoms with Crippen LogP contribution in [0.15, 0.2) is 47.4 Å². The third kappa shape index (κ3) is 2.73. The Kier molecular flexibility index (Phi) is 3.45. The summed E-state index contributed by atoms with van der Waals surface area (Å²) in [5.41, 5.74) is 0.106. The third-order valence-corrected chi connectivity index (χ3v) is 4.33. The van der Waals surface area contributed by atoms with E-state index in [0.29, 0.717) is 11.5 Å². The van der Waals surface area contributed by atoms with E-state index in [9.17, 15) is 17.6 Å². The summed E-state index contributed by atoms with van der Waals surface area (Å²) in [6.07, 6.45) is 0. The summed E-state index contributed by atoms with van der Waals surface area (Å²) in [7, 11) is -4.08. The molecule has 1 aliphatic heterocycles.